The van der Waals surface area contributed by atoms with Crippen LogP contribution in [0.1, 0.15) is 50.3 Å². The molecule has 0 fully saturated rings. The topological polar surface area (TPSA) is 21.3 Å². The van der Waals surface area contributed by atoms with Gasteiger partial charge in [0.15, 0.2) is 0 Å². The third-order valence-electron chi connectivity index (χ3n) is 3.24. The molecule has 1 rings (SSSR count). The highest BCUT2D eigenvalue weighted by molar-refractivity contribution is 5.26. The van der Waals surface area contributed by atoms with Crippen LogP contribution in [0.4, 0.5) is 0 Å². The van der Waals surface area contributed by atoms with Crippen molar-refractivity contribution in [3.63, 3.8) is 0 Å². The number of aryl methyl sites for hydroxylation is 1. The number of ether oxygens (including phenoxy) is 1. The van der Waals surface area contributed by atoms with Crippen LogP contribution in [0.15, 0.2) is 24.3 Å². The van der Waals surface area contributed by atoms with Gasteiger partial charge in [0.05, 0.1) is 0 Å². The summed E-state index contributed by atoms with van der Waals surface area (Å²) < 4.78 is 5.15. The summed E-state index contributed by atoms with van der Waals surface area (Å²) in [6.45, 7) is 6.34. The van der Waals surface area contributed by atoms with Crippen molar-refractivity contribution in [2.45, 2.75) is 45.6 Å². The van der Waals surface area contributed by atoms with Gasteiger partial charge in [-0.05, 0) is 43.4 Å². The summed E-state index contributed by atoms with van der Waals surface area (Å²) >= 11 is 0. The summed E-state index contributed by atoms with van der Waals surface area (Å²) in [6.07, 6.45) is 4.52. The highest BCUT2D eigenvalue weighted by atomic mass is 16.5. The van der Waals surface area contributed by atoms with Crippen molar-refractivity contribution in [3.8, 4) is 0 Å². The number of methoxy groups -OCH3 is 1. The Balaban J connectivity index is 2.66. The Morgan fingerprint density at radius 1 is 1.28 bits per heavy atom. The number of hydrogen-bond acceptors (Lipinski definition) is 2. The van der Waals surface area contributed by atoms with E-state index in [1.54, 1.807) is 7.11 Å². The second kappa shape index (κ2) is 9.12. The van der Waals surface area contributed by atoms with Crippen molar-refractivity contribution in [1.29, 1.82) is 0 Å². The minimum absolute atomic E-state index is 0.464. The maximum absolute atomic E-state index is 5.15. The van der Waals surface area contributed by atoms with E-state index < -0.39 is 0 Å². The lowest BCUT2D eigenvalue weighted by molar-refractivity contribution is 0.188. The molecule has 0 aliphatic heterocycles. The molecule has 18 heavy (non-hydrogen) atoms. The average Bonchev–Trinajstić information content (AvgIpc) is 2.42. The van der Waals surface area contributed by atoms with E-state index in [9.17, 15) is 0 Å². The molecule has 0 spiro atoms. The van der Waals surface area contributed by atoms with E-state index in [4.69, 9.17) is 4.74 Å². The minimum atomic E-state index is 0.464. The second-order valence-electron chi connectivity index (χ2n) is 4.74. The van der Waals surface area contributed by atoms with Crippen molar-refractivity contribution in [1.82, 2.24) is 5.32 Å². The number of benzene rings is 1. The fourth-order valence-electron chi connectivity index (χ4n) is 2.17. The summed E-state index contributed by atoms with van der Waals surface area (Å²) in [4.78, 5) is 0. The normalized spacial score (nSPS) is 12.6. The van der Waals surface area contributed by atoms with E-state index in [0.717, 1.165) is 32.4 Å². The first-order valence-corrected chi connectivity index (χ1v) is 7.13. The molecular weight excluding hydrogens is 222 g/mol. The van der Waals surface area contributed by atoms with Gasteiger partial charge in [-0.25, -0.2) is 0 Å². The molecule has 0 aliphatic rings. The molecule has 1 aromatic carbocycles. The van der Waals surface area contributed by atoms with Gasteiger partial charge in [0.25, 0.3) is 0 Å². The smallest absolute Gasteiger partial charge is 0.0462 e. The molecule has 1 atom stereocenters. The molecule has 0 heterocycles. The number of hydrogen-bond donors (Lipinski definition) is 1. The van der Waals surface area contributed by atoms with E-state index in [-0.39, 0.29) is 0 Å². The molecule has 102 valence electrons. The third kappa shape index (κ3) is 5.19. The predicted molar refractivity (Wildman–Crippen MR) is 78.0 cm³/mol. The van der Waals surface area contributed by atoms with Gasteiger partial charge in [0.1, 0.15) is 0 Å². The first-order valence-electron chi connectivity index (χ1n) is 7.13. The van der Waals surface area contributed by atoms with Gasteiger partial charge < -0.3 is 10.1 Å². The van der Waals surface area contributed by atoms with Gasteiger partial charge >= 0.3 is 0 Å². The van der Waals surface area contributed by atoms with Gasteiger partial charge in [0.2, 0.25) is 0 Å². The molecule has 0 aliphatic carbocycles. The molecule has 1 aromatic rings. The molecule has 0 amide bonds. The fraction of sp³-hybridized carbons (Fsp3) is 0.625. The van der Waals surface area contributed by atoms with Gasteiger partial charge in [-0.2, -0.15) is 0 Å². The van der Waals surface area contributed by atoms with Crippen molar-refractivity contribution < 1.29 is 4.74 Å². The van der Waals surface area contributed by atoms with Crippen molar-refractivity contribution in [2.24, 2.45) is 0 Å². The lowest BCUT2D eigenvalue weighted by Crippen LogP contribution is -2.22. The maximum atomic E-state index is 5.15. The van der Waals surface area contributed by atoms with Crippen LogP contribution >= 0.6 is 0 Å². The van der Waals surface area contributed by atoms with Gasteiger partial charge in [-0.3, -0.25) is 0 Å². The Hall–Kier alpha value is -0.860. The molecule has 2 nitrogen and oxygen atoms in total. The molecule has 0 saturated heterocycles. The Labute approximate surface area is 112 Å². The zero-order valence-corrected chi connectivity index (χ0v) is 12.0. The van der Waals surface area contributed by atoms with Gasteiger partial charge in [-0.1, -0.05) is 38.1 Å². The van der Waals surface area contributed by atoms with Crippen LogP contribution in [0.2, 0.25) is 0 Å². The van der Waals surface area contributed by atoms with E-state index >= 15 is 0 Å². The lowest BCUT2D eigenvalue weighted by atomic mass is 9.99. The molecule has 1 unspecified atom stereocenters. The molecule has 1 N–H and O–H groups in total. The lowest BCUT2D eigenvalue weighted by Gasteiger charge is -2.19. The van der Waals surface area contributed by atoms with Gasteiger partial charge in [0, 0.05) is 19.8 Å². The van der Waals surface area contributed by atoms with Crippen LogP contribution in [0.25, 0.3) is 0 Å². The van der Waals surface area contributed by atoms with E-state index in [1.165, 1.54) is 17.5 Å². The molecule has 0 aromatic heterocycles. The molecule has 0 radical (unpaired) electrons. The van der Waals surface area contributed by atoms with Crippen LogP contribution < -0.4 is 5.32 Å². The summed E-state index contributed by atoms with van der Waals surface area (Å²) in [5, 5.41) is 3.64. The highest BCUT2D eigenvalue weighted by Crippen LogP contribution is 2.20. The first kappa shape index (κ1) is 15.2. The van der Waals surface area contributed by atoms with E-state index in [2.05, 4.69) is 43.4 Å². The van der Waals surface area contributed by atoms with Crippen LogP contribution in [-0.2, 0) is 11.2 Å². The average molecular weight is 249 g/mol. The quantitative estimate of drug-likeness (QED) is 0.674. The predicted octanol–water partition coefficient (Wildman–Crippen LogP) is 3.72. The minimum Gasteiger partial charge on any atom is -0.385 e. The standard InChI is InChI=1S/C16H27NO/c1-4-11-17-16(10-7-12-18-3)15-9-6-8-14(5-2)13-15/h6,8-9,13,16-17H,4-5,7,10-12H2,1-3H3. The van der Waals surface area contributed by atoms with Gasteiger partial charge in [-0.15, -0.1) is 0 Å². The van der Waals surface area contributed by atoms with Crippen molar-refractivity contribution in [2.75, 3.05) is 20.3 Å². The second-order valence-corrected chi connectivity index (χ2v) is 4.74. The van der Waals surface area contributed by atoms with Crippen LogP contribution in [0.3, 0.4) is 0 Å². The number of nitrogens with one attached hydrogen (secondary N) is 1. The number of rotatable bonds is 9. The van der Waals surface area contributed by atoms with Crippen LogP contribution in [-0.4, -0.2) is 20.3 Å². The highest BCUT2D eigenvalue weighted by Gasteiger charge is 2.10. The Morgan fingerprint density at radius 2 is 2.11 bits per heavy atom. The van der Waals surface area contributed by atoms with Crippen molar-refractivity contribution >= 4 is 0 Å². The third-order valence-corrected chi connectivity index (χ3v) is 3.24. The van der Waals surface area contributed by atoms with E-state index in [1.807, 2.05) is 0 Å². The summed E-state index contributed by atoms with van der Waals surface area (Å²) in [5.74, 6) is 0. The van der Waals surface area contributed by atoms with Crippen LogP contribution in [0.5, 0.6) is 0 Å². The van der Waals surface area contributed by atoms with Crippen LogP contribution in [0, 0.1) is 0 Å². The largest absolute Gasteiger partial charge is 0.385 e. The summed E-state index contributed by atoms with van der Waals surface area (Å²) in [5.41, 5.74) is 2.83. The molecule has 0 saturated carbocycles. The Bertz CT molecular complexity index is 325. The summed E-state index contributed by atoms with van der Waals surface area (Å²) in [7, 11) is 1.77. The Kier molecular flexibility index (Phi) is 7.70. The zero-order chi connectivity index (χ0) is 13.2. The Morgan fingerprint density at radius 3 is 2.78 bits per heavy atom. The first-order chi connectivity index (χ1) is 8.81. The maximum Gasteiger partial charge on any atom is 0.0462 e. The zero-order valence-electron chi connectivity index (χ0n) is 12.0. The van der Waals surface area contributed by atoms with Crippen molar-refractivity contribution in [3.05, 3.63) is 35.4 Å². The molecule has 2 heteroatoms. The van der Waals surface area contributed by atoms with E-state index in [0.29, 0.717) is 6.04 Å². The monoisotopic (exact) mass is 249 g/mol. The molecule has 0 bridgehead atoms. The fourth-order valence-corrected chi connectivity index (χ4v) is 2.17. The SMILES string of the molecule is CCCNC(CCCOC)c1cccc(CC)c1. The molecular formula is C16H27NO. The summed E-state index contributed by atoms with van der Waals surface area (Å²) in [6, 6.07) is 9.41.